The minimum atomic E-state index is -1.16. The molecule has 0 bridgehead atoms. The maximum atomic E-state index is 15.4. The molecule has 3 amide bonds. The zero-order valence-electron chi connectivity index (χ0n) is 42.5. The van der Waals surface area contributed by atoms with Gasteiger partial charge in [0.05, 0.1) is 29.8 Å². The van der Waals surface area contributed by atoms with E-state index >= 15 is 4.39 Å². The molecule has 390 valence electrons. The summed E-state index contributed by atoms with van der Waals surface area (Å²) in [6.07, 6.45) is 3.88. The zero-order valence-corrected chi connectivity index (χ0v) is 44.0. The summed E-state index contributed by atoms with van der Waals surface area (Å²) in [6, 6.07) is 27.2. The highest BCUT2D eigenvalue weighted by atomic mass is 35.5. The van der Waals surface area contributed by atoms with Crippen LogP contribution in [0.15, 0.2) is 90.0 Å². The van der Waals surface area contributed by atoms with Crippen LogP contribution in [0.3, 0.4) is 0 Å². The van der Waals surface area contributed by atoms with Gasteiger partial charge in [0.2, 0.25) is 0 Å². The number of thioether (sulfide) groups is 1. The summed E-state index contributed by atoms with van der Waals surface area (Å²) in [6.45, 7) is 11.4. The van der Waals surface area contributed by atoms with Crippen LogP contribution in [0.5, 0.6) is 6.01 Å². The Labute approximate surface area is 441 Å². The van der Waals surface area contributed by atoms with E-state index in [2.05, 4.69) is 55.7 Å². The van der Waals surface area contributed by atoms with Crippen molar-refractivity contribution in [1.82, 2.24) is 35.4 Å². The number of ether oxygens (including phenoxy) is 2. The number of nitriles is 1. The van der Waals surface area contributed by atoms with Crippen molar-refractivity contribution in [3.8, 4) is 12.1 Å². The molecular weight excluding hydrogens is 984 g/mol. The fourth-order valence-electron chi connectivity index (χ4n) is 10.4. The Morgan fingerprint density at radius 1 is 1.01 bits per heavy atom. The summed E-state index contributed by atoms with van der Waals surface area (Å²) in [5.74, 6) is -0.417. The van der Waals surface area contributed by atoms with Gasteiger partial charge in [0.1, 0.15) is 39.6 Å². The second kappa shape index (κ2) is 23.1. The molecule has 0 saturated carbocycles. The largest absolute Gasteiger partial charge is 0.462 e. The summed E-state index contributed by atoms with van der Waals surface area (Å²) in [7, 11) is 1.73. The van der Waals surface area contributed by atoms with E-state index in [9.17, 15) is 19.2 Å². The lowest BCUT2D eigenvalue weighted by atomic mass is 10.0. The van der Waals surface area contributed by atoms with Crippen molar-refractivity contribution in [2.75, 3.05) is 75.8 Å². The standard InChI is InChI=1S/C55H64ClF2N11O4S/c1-54(2,3)73-52(70)61-26-11-24-55(38-15-6-5-7-16-38)69(64-50(74-55)43-33-39(57)20-21-45(43)58)53(71)65(4)28-12-30-66-29-10-17-41(66)36-72-51-62-46-35-67(47-19-9-14-37-13-8-18-44(56)48(37)47)31-23-42(46)49(63-51)68-32-27-60-40(34-68)22-25-59/h5-9,13-16,18-21,33,40-41,60H,10-12,17,22-24,26-32,34-36H2,1-4H3,(H,61,70)/t40-,41-,55-/m0/s1. The molecule has 74 heavy (non-hydrogen) atoms. The maximum Gasteiger partial charge on any atom is 0.407 e. The van der Waals surface area contributed by atoms with Crippen molar-refractivity contribution in [2.45, 2.75) is 94.8 Å². The number of rotatable bonds is 16. The third kappa shape index (κ3) is 12.0. The number of amides is 3. The van der Waals surface area contributed by atoms with E-state index in [1.165, 1.54) is 16.8 Å². The summed E-state index contributed by atoms with van der Waals surface area (Å²) in [4.78, 5) is 45.0. The summed E-state index contributed by atoms with van der Waals surface area (Å²) in [5.41, 5.74) is 3.10. The first-order valence-electron chi connectivity index (χ1n) is 25.5. The van der Waals surface area contributed by atoms with Crippen molar-refractivity contribution < 1.29 is 27.8 Å². The monoisotopic (exact) mass is 1050 g/mol. The number of hydrogen-bond donors (Lipinski definition) is 2. The lowest BCUT2D eigenvalue weighted by molar-refractivity contribution is 0.0524. The van der Waals surface area contributed by atoms with Crippen molar-refractivity contribution >= 4 is 62.8 Å². The Kier molecular flexibility index (Phi) is 16.4. The van der Waals surface area contributed by atoms with Crippen LogP contribution in [0.25, 0.3) is 10.8 Å². The summed E-state index contributed by atoms with van der Waals surface area (Å²) < 4.78 is 42.1. The van der Waals surface area contributed by atoms with E-state index in [1.54, 1.807) is 32.7 Å². The number of hydrazone groups is 1. The molecule has 1 aromatic heterocycles. The molecule has 3 atom stereocenters. The lowest BCUT2D eigenvalue weighted by Gasteiger charge is -2.38. The van der Waals surface area contributed by atoms with Gasteiger partial charge in [0.15, 0.2) is 0 Å². The van der Waals surface area contributed by atoms with Gasteiger partial charge in [-0.15, -0.1) is 0 Å². The molecule has 5 heterocycles. The van der Waals surface area contributed by atoms with Gasteiger partial charge in [-0.2, -0.15) is 25.3 Å². The smallest absolute Gasteiger partial charge is 0.407 e. The van der Waals surface area contributed by atoms with Gasteiger partial charge in [-0.3, -0.25) is 4.90 Å². The molecular formula is C55H64ClF2N11O4S. The Bertz CT molecular complexity index is 2900. The number of fused-ring (bicyclic) bond motifs is 2. The molecule has 9 rings (SSSR count). The van der Waals surface area contributed by atoms with Gasteiger partial charge in [0.25, 0.3) is 0 Å². The fourth-order valence-corrected chi connectivity index (χ4v) is 12.1. The number of likely N-dealkylation sites (tertiary alicyclic amines) is 1. The average Bonchev–Trinajstić information content (AvgIpc) is 4.02. The number of hydrogen-bond acceptors (Lipinski definition) is 13. The topological polar surface area (TPSA) is 155 Å². The number of benzene rings is 4. The van der Waals surface area contributed by atoms with Crippen molar-refractivity contribution in [3.05, 3.63) is 124 Å². The molecule has 0 radical (unpaired) electrons. The van der Waals surface area contributed by atoms with Gasteiger partial charge in [-0.1, -0.05) is 78.0 Å². The highest BCUT2D eigenvalue weighted by molar-refractivity contribution is 8.15. The highest BCUT2D eigenvalue weighted by Crippen LogP contribution is 2.51. The normalized spacial score (nSPS) is 20.0. The molecule has 4 aliphatic heterocycles. The Balaban J connectivity index is 0.893. The number of nitrogens with one attached hydrogen (secondary N) is 2. The number of carbonyl (C=O) groups is 2. The number of halogens is 3. The number of carbonyl (C=O) groups excluding carboxylic acids is 2. The molecule has 0 spiro atoms. The van der Waals surface area contributed by atoms with Gasteiger partial charge in [-0.05, 0) is 107 Å². The minimum Gasteiger partial charge on any atom is -0.462 e. The molecule has 0 aliphatic carbocycles. The highest BCUT2D eigenvalue weighted by Gasteiger charge is 2.49. The van der Waals surface area contributed by atoms with E-state index in [-0.39, 0.29) is 29.2 Å². The molecule has 19 heteroatoms. The predicted molar refractivity (Wildman–Crippen MR) is 287 cm³/mol. The zero-order chi connectivity index (χ0) is 52.0. The third-order valence-corrected chi connectivity index (χ3v) is 15.7. The van der Waals surface area contributed by atoms with E-state index in [1.807, 2.05) is 42.5 Å². The number of urea groups is 1. The Hall–Kier alpha value is -6.26. The minimum absolute atomic E-state index is 0.0264. The van der Waals surface area contributed by atoms with Crippen LogP contribution in [0, 0.1) is 23.0 Å². The molecule has 0 unspecified atom stereocenters. The molecule has 15 nitrogen and oxygen atoms in total. The molecule has 2 saturated heterocycles. The van der Waals surface area contributed by atoms with E-state index in [0.717, 1.165) is 103 Å². The molecule has 4 aromatic carbocycles. The van der Waals surface area contributed by atoms with Crippen LogP contribution in [0.4, 0.5) is 29.9 Å². The van der Waals surface area contributed by atoms with Crippen molar-refractivity contribution in [2.24, 2.45) is 5.10 Å². The number of nitrogens with zero attached hydrogens (tertiary/aromatic N) is 9. The van der Waals surface area contributed by atoms with Crippen LogP contribution in [-0.4, -0.2) is 126 Å². The SMILES string of the molecule is CN(CCCN1CCC[C@H]1COc1nc2c(c(N3CCN[C@@H](CC#N)C3)n1)CCN(c1cccc3cccc(Cl)c13)C2)C(=O)N1N=C(c2cc(F)ccc2F)S[C@@]1(CCCNC(=O)OC(C)(C)C)c1ccccc1. The number of anilines is 2. The van der Waals surface area contributed by atoms with Crippen LogP contribution < -0.4 is 25.2 Å². The second-order valence-corrected chi connectivity index (χ2v) is 22.0. The third-order valence-electron chi connectivity index (χ3n) is 14.0. The quantitative estimate of drug-likeness (QED) is 0.0905. The van der Waals surface area contributed by atoms with Crippen LogP contribution in [-0.2, 0) is 22.6 Å². The first-order valence-corrected chi connectivity index (χ1v) is 26.7. The second-order valence-electron chi connectivity index (χ2n) is 20.3. The Morgan fingerprint density at radius 3 is 2.62 bits per heavy atom. The van der Waals surface area contributed by atoms with Crippen LogP contribution >= 0.6 is 23.4 Å². The van der Waals surface area contributed by atoms with Gasteiger partial charge < -0.3 is 34.8 Å². The van der Waals surface area contributed by atoms with Gasteiger partial charge >= 0.3 is 18.1 Å². The van der Waals surface area contributed by atoms with Crippen LogP contribution in [0.2, 0.25) is 5.02 Å². The first kappa shape index (κ1) is 52.6. The number of alkyl carbamates (subject to hydrolysis) is 1. The molecule has 5 aromatic rings. The molecule has 4 aliphatic rings. The van der Waals surface area contributed by atoms with E-state index in [0.29, 0.717) is 69.5 Å². The maximum absolute atomic E-state index is 15.4. The van der Waals surface area contributed by atoms with Gasteiger partial charge in [0, 0.05) is 87.1 Å². The van der Waals surface area contributed by atoms with Gasteiger partial charge in [-0.25, -0.2) is 18.4 Å². The Morgan fingerprint density at radius 2 is 1.82 bits per heavy atom. The number of aromatic nitrogens is 2. The fraction of sp³-hybridized carbons (Fsp3) is 0.455. The summed E-state index contributed by atoms with van der Waals surface area (Å²) >= 11 is 8.01. The van der Waals surface area contributed by atoms with E-state index in [4.69, 9.17) is 36.1 Å². The lowest BCUT2D eigenvalue weighted by Crippen LogP contribution is -2.51. The van der Waals surface area contributed by atoms with E-state index < -0.39 is 34.2 Å². The molecule has 2 fully saturated rings. The average molecular weight is 1050 g/mol. The number of piperazine rings is 1. The van der Waals surface area contributed by atoms with Crippen molar-refractivity contribution in [3.63, 3.8) is 0 Å². The van der Waals surface area contributed by atoms with Crippen molar-refractivity contribution in [1.29, 1.82) is 5.26 Å². The predicted octanol–water partition coefficient (Wildman–Crippen LogP) is 9.67. The first-order chi connectivity index (χ1) is 35.7. The molecule has 2 N–H and O–H groups in total. The van der Waals surface area contributed by atoms with Crippen LogP contribution in [0.1, 0.15) is 81.7 Å². The summed E-state index contributed by atoms with van der Waals surface area (Å²) in [5, 5.41) is 25.0.